The Morgan fingerprint density at radius 1 is 1.36 bits per heavy atom. The van der Waals surface area contributed by atoms with Crippen molar-refractivity contribution in [1.29, 1.82) is 0 Å². The summed E-state index contributed by atoms with van der Waals surface area (Å²) in [6, 6.07) is 1.88. The van der Waals surface area contributed by atoms with Gasteiger partial charge in [-0.3, -0.25) is 14.8 Å². The number of anilines is 1. The summed E-state index contributed by atoms with van der Waals surface area (Å²) < 4.78 is 5.04. The van der Waals surface area contributed by atoms with Crippen LogP contribution in [0.2, 0.25) is 0 Å². The number of carbonyl (C=O) groups excluding carboxylic acids is 1. The van der Waals surface area contributed by atoms with Crippen LogP contribution in [-0.4, -0.2) is 25.8 Å². The molecule has 1 aliphatic rings. The first-order valence-electron chi connectivity index (χ1n) is 7.90. The van der Waals surface area contributed by atoms with Crippen molar-refractivity contribution in [3.63, 3.8) is 0 Å². The van der Waals surface area contributed by atoms with E-state index >= 15 is 0 Å². The van der Waals surface area contributed by atoms with Gasteiger partial charge in [0.25, 0.3) is 5.91 Å². The summed E-state index contributed by atoms with van der Waals surface area (Å²) in [6.07, 6.45) is 5.49. The number of rotatable bonds is 3. The van der Waals surface area contributed by atoms with Gasteiger partial charge in [0.15, 0.2) is 16.8 Å². The van der Waals surface area contributed by atoms with Gasteiger partial charge in [-0.05, 0) is 25.0 Å². The molecule has 0 aromatic carbocycles. The molecule has 0 radical (unpaired) electrons. The largest absolute Gasteiger partial charge is 0.448 e. The van der Waals surface area contributed by atoms with Crippen molar-refractivity contribution < 1.29 is 9.21 Å². The lowest BCUT2D eigenvalue weighted by Crippen LogP contribution is -2.38. The molecule has 3 rings (SSSR count). The summed E-state index contributed by atoms with van der Waals surface area (Å²) in [5.41, 5.74) is 7.24. The van der Waals surface area contributed by atoms with Gasteiger partial charge in [-0.1, -0.05) is 25.6 Å². The Morgan fingerprint density at radius 2 is 2.12 bits per heavy atom. The van der Waals surface area contributed by atoms with Crippen LogP contribution in [0.15, 0.2) is 34.1 Å². The molecule has 1 amide bonds. The molecule has 0 saturated heterocycles. The predicted octanol–water partition coefficient (Wildman–Crippen LogP) is 3.08. The Labute approximate surface area is 150 Å². The van der Waals surface area contributed by atoms with Crippen molar-refractivity contribution in [2.45, 2.75) is 44.4 Å². The molecular weight excluding hydrogens is 338 g/mol. The molecule has 0 aliphatic carbocycles. The number of aliphatic imine (C=N–C) groups is 1. The van der Waals surface area contributed by atoms with Crippen molar-refractivity contribution in [2.24, 2.45) is 10.7 Å². The number of aryl methyl sites for hydroxylation is 1. The maximum atomic E-state index is 12.2. The number of pyridine rings is 1. The third kappa shape index (κ3) is 3.84. The van der Waals surface area contributed by atoms with Crippen LogP contribution in [0, 0.1) is 6.92 Å². The van der Waals surface area contributed by atoms with Gasteiger partial charge in [-0.2, -0.15) is 0 Å². The monoisotopic (exact) mass is 359 g/mol. The summed E-state index contributed by atoms with van der Waals surface area (Å²) in [7, 11) is 0. The summed E-state index contributed by atoms with van der Waals surface area (Å²) in [6.45, 7) is 8.00. The zero-order chi connectivity index (χ0) is 18.2. The standard InChI is InChI=1S/C17H21N5O2S/c1-10-20-13(8-24-10)14(23)21-12-5-11(6-19-7-12)17(4)9-16(2,3)25-15(18)22-17/h5-8H,9H2,1-4H3,(H2,18,22)(H,21,23)/t17-/m0/s1. The van der Waals surface area contributed by atoms with Crippen LogP contribution in [0.1, 0.15) is 49.1 Å². The Morgan fingerprint density at radius 3 is 2.76 bits per heavy atom. The molecule has 7 nitrogen and oxygen atoms in total. The van der Waals surface area contributed by atoms with Crippen molar-refractivity contribution in [3.05, 3.63) is 41.9 Å². The zero-order valence-electron chi connectivity index (χ0n) is 14.7. The number of nitrogens with one attached hydrogen (secondary N) is 1. The van der Waals surface area contributed by atoms with Crippen LogP contribution < -0.4 is 11.1 Å². The summed E-state index contributed by atoms with van der Waals surface area (Å²) in [5, 5.41) is 3.35. The molecule has 0 saturated carbocycles. The van der Waals surface area contributed by atoms with E-state index in [1.807, 2.05) is 13.0 Å². The molecule has 3 heterocycles. The highest BCUT2D eigenvalue weighted by atomic mass is 32.2. The smallest absolute Gasteiger partial charge is 0.277 e. The average molecular weight is 359 g/mol. The number of thioether (sulfide) groups is 1. The van der Waals surface area contributed by atoms with Crippen molar-refractivity contribution in [3.8, 4) is 0 Å². The van der Waals surface area contributed by atoms with E-state index < -0.39 is 5.54 Å². The van der Waals surface area contributed by atoms with E-state index in [0.29, 0.717) is 16.7 Å². The second-order valence-electron chi connectivity index (χ2n) is 6.93. The maximum Gasteiger partial charge on any atom is 0.277 e. The highest BCUT2D eigenvalue weighted by Gasteiger charge is 2.39. The molecule has 0 unspecified atom stereocenters. The summed E-state index contributed by atoms with van der Waals surface area (Å²) in [4.78, 5) is 25.2. The Kier molecular flexibility index (Phi) is 4.32. The van der Waals surface area contributed by atoms with Crippen molar-refractivity contribution in [2.75, 3.05) is 5.32 Å². The molecule has 132 valence electrons. The van der Waals surface area contributed by atoms with Gasteiger partial charge in [0.2, 0.25) is 0 Å². The fraction of sp³-hybridized carbons (Fsp3) is 0.412. The van der Waals surface area contributed by atoms with Crippen LogP contribution in [0.25, 0.3) is 0 Å². The van der Waals surface area contributed by atoms with Crippen LogP contribution >= 0.6 is 11.8 Å². The fourth-order valence-corrected chi connectivity index (χ4v) is 4.25. The number of hydrogen-bond acceptors (Lipinski definition) is 7. The number of hydrogen-bond donors (Lipinski definition) is 2. The van der Waals surface area contributed by atoms with E-state index in [1.54, 1.807) is 31.1 Å². The molecule has 1 atom stereocenters. The maximum absolute atomic E-state index is 12.2. The molecular formula is C17H21N5O2S. The van der Waals surface area contributed by atoms with E-state index in [2.05, 4.69) is 34.1 Å². The topological polar surface area (TPSA) is 106 Å². The second-order valence-corrected chi connectivity index (χ2v) is 8.66. The molecule has 8 heteroatoms. The quantitative estimate of drug-likeness (QED) is 0.872. The van der Waals surface area contributed by atoms with Gasteiger partial charge in [0.1, 0.15) is 6.26 Å². The number of carbonyl (C=O) groups is 1. The van der Waals surface area contributed by atoms with Crippen LogP contribution in [0.3, 0.4) is 0 Å². The van der Waals surface area contributed by atoms with E-state index in [1.165, 1.54) is 6.26 Å². The van der Waals surface area contributed by atoms with Gasteiger partial charge in [0.05, 0.1) is 17.4 Å². The lowest BCUT2D eigenvalue weighted by Gasteiger charge is -2.39. The third-order valence-corrected chi connectivity index (χ3v) is 4.97. The normalized spacial score (nSPS) is 22.3. The highest BCUT2D eigenvalue weighted by Crippen LogP contribution is 2.44. The molecule has 0 bridgehead atoms. The second kappa shape index (κ2) is 6.18. The first-order chi connectivity index (χ1) is 11.7. The molecule has 0 fully saturated rings. The molecule has 0 spiro atoms. The van der Waals surface area contributed by atoms with Crippen LogP contribution in [-0.2, 0) is 5.54 Å². The lowest BCUT2D eigenvalue weighted by molar-refractivity contribution is 0.102. The number of nitrogens with zero attached hydrogens (tertiary/aromatic N) is 3. The Hall–Kier alpha value is -2.35. The minimum Gasteiger partial charge on any atom is -0.448 e. The first-order valence-corrected chi connectivity index (χ1v) is 8.72. The highest BCUT2D eigenvalue weighted by molar-refractivity contribution is 8.15. The molecule has 2 aromatic heterocycles. The number of amidine groups is 1. The minimum absolute atomic E-state index is 0.0297. The van der Waals surface area contributed by atoms with Crippen LogP contribution in [0.4, 0.5) is 5.69 Å². The third-order valence-electron chi connectivity index (χ3n) is 3.98. The molecule has 3 N–H and O–H groups in total. The van der Waals surface area contributed by atoms with Gasteiger partial charge in [-0.25, -0.2) is 4.98 Å². The van der Waals surface area contributed by atoms with Crippen molar-refractivity contribution >= 4 is 28.5 Å². The minimum atomic E-state index is -0.489. The molecule has 2 aromatic rings. The van der Waals surface area contributed by atoms with Gasteiger partial charge in [0, 0.05) is 17.9 Å². The summed E-state index contributed by atoms with van der Waals surface area (Å²) in [5.74, 6) is 0.0970. The molecule has 1 aliphatic heterocycles. The molecule has 25 heavy (non-hydrogen) atoms. The predicted molar refractivity (Wildman–Crippen MR) is 98.7 cm³/mol. The number of oxazole rings is 1. The number of nitrogens with two attached hydrogens (primary N) is 1. The van der Waals surface area contributed by atoms with Crippen molar-refractivity contribution in [1.82, 2.24) is 9.97 Å². The van der Waals surface area contributed by atoms with E-state index in [0.717, 1.165) is 12.0 Å². The van der Waals surface area contributed by atoms with E-state index in [-0.39, 0.29) is 16.3 Å². The zero-order valence-corrected chi connectivity index (χ0v) is 15.5. The number of amides is 1. The van der Waals surface area contributed by atoms with Gasteiger partial charge < -0.3 is 15.5 Å². The fourth-order valence-electron chi connectivity index (χ4n) is 3.09. The first kappa shape index (κ1) is 17.5. The Bertz CT molecular complexity index is 845. The van der Waals surface area contributed by atoms with Crippen LogP contribution in [0.5, 0.6) is 0 Å². The van der Waals surface area contributed by atoms with Gasteiger partial charge in [-0.15, -0.1) is 0 Å². The number of aromatic nitrogens is 2. The lowest BCUT2D eigenvalue weighted by atomic mass is 9.84. The Balaban J connectivity index is 1.86. The van der Waals surface area contributed by atoms with E-state index in [4.69, 9.17) is 10.2 Å². The van der Waals surface area contributed by atoms with E-state index in [9.17, 15) is 4.79 Å². The summed E-state index contributed by atoms with van der Waals surface area (Å²) >= 11 is 1.57. The van der Waals surface area contributed by atoms with Gasteiger partial charge >= 0.3 is 0 Å². The average Bonchev–Trinajstić information content (AvgIpc) is 2.92. The SMILES string of the molecule is Cc1nc(C(=O)Nc2cncc([C@]3(C)CC(C)(C)SC(N)=N3)c2)co1.